The fourth-order valence-corrected chi connectivity index (χ4v) is 1.77. The Morgan fingerprint density at radius 1 is 1.24 bits per heavy atom. The Bertz CT molecular complexity index is 595. The standard InChI is InChI=1S/C12H10N2O3/c1-14(12(15)16)11-9-5-3-2-4-8(9)6-7-10(11)13-17/h2-7H,1H3,(H,15,16). The van der Waals surface area contributed by atoms with Crippen molar-refractivity contribution >= 4 is 28.2 Å². The second-order valence-corrected chi connectivity index (χ2v) is 3.59. The summed E-state index contributed by atoms with van der Waals surface area (Å²) >= 11 is 0. The van der Waals surface area contributed by atoms with E-state index in [1.807, 2.05) is 12.1 Å². The third kappa shape index (κ3) is 1.82. The molecule has 0 heterocycles. The van der Waals surface area contributed by atoms with E-state index in [-0.39, 0.29) is 5.69 Å². The van der Waals surface area contributed by atoms with Gasteiger partial charge in [-0.15, -0.1) is 4.91 Å². The van der Waals surface area contributed by atoms with E-state index in [1.54, 1.807) is 18.2 Å². The number of nitroso groups, excluding NO2 is 1. The van der Waals surface area contributed by atoms with Crippen molar-refractivity contribution in [3.63, 3.8) is 0 Å². The van der Waals surface area contributed by atoms with Gasteiger partial charge >= 0.3 is 6.09 Å². The highest BCUT2D eigenvalue weighted by molar-refractivity contribution is 6.05. The molecule has 2 rings (SSSR count). The lowest BCUT2D eigenvalue weighted by atomic mass is 10.1. The highest BCUT2D eigenvalue weighted by Crippen LogP contribution is 2.35. The first-order valence-electron chi connectivity index (χ1n) is 4.97. The molecule has 0 aliphatic carbocycles. The van der Waals surface area contributed by atoms with E-state index in [0.29, 0.717) is 11.1 Å². The van der Waals surface area contributed by atoms with E-state index in [4.69, 9.17) is 5.11 Å². The fourth-order valence-electron chi connectivity index (χ4n) is 1.77. The van der Waals surface area contributed by atoms with Gasteiger partial charge in [-0.3, -0.25) is 4.90 Å². The smallest absolute Gasteiger partial charge is 0.411 e. The van der Waals surface area contributed by atoms with Gasteiger partial charge in [0.15, 0.2) is 0 Å². The Kier molecular flexibility index (Phi) is 2.74. The van der Waals surface area contributed by atoms with Crippen molar-refractivity contribution in [2.75, 3.05) is 11.9 Å². The second kappa shape index (κ2) is 4.21. The second-order valence-electron chi connectivity index (χ2n) is 3.59. The molecule has 17 heavy (non-hydrogen) atoms. The zero-order valence-corrected chi connectivity index (χ0v) is 9.12. The zero-order valence-electron chi connectivity index (χ0n) is 9.12. The molecule has 0 aliphatic heterocycles. The molecule has 0 radical (unpaired) electrons. The molecule has 0 bridgehead atoms. The van der Waals surface area contributed by atoms with Crippen LogP contribution in [-0.2, 0) is 0 Å². The minimum atomic E-state index is -1.13. The van der Waals surface area contributed by atoms with Crippen molar-refractivity contribution < 1.29 is 9.90 Å². The van der Waals surface area contributed by atoms with Crippen LogP contribution in [0, 0.1) is 4.91 Å². The summed E-state index contributed by atoms with van der Waals surface area (Å²) in [7, 11) is 1.39. The summed E-state index contributed by atoms with van der Waals surface area (Å²) in [6, 6.07) is 10.5. The molecule has 2 aromatic carbocycles. The Labute approximate surface area is 97.3 Å². The lowest BCUT2D eigenvalue weighted by Gasteiger charge is -2.16. The molecule has 0 saturated heterocycles. The van der Waals surface area contributed by atoms with Crippen molar-refractivity contribution in [2.45, 2.75) is 0 Å². The molecule has 0 aliphatic rings. The van der Waals surface area contributed by atoms with Crippen LogP contribution in [0.3, 0.4) is 0 Å². The van der Waals surface area contributed by atoms with Crippen molar-refractivity contribution in [3.8, 4) is 0 Å². The van der Waals surface area contributed by atoms with E-state index in [1.165, 1.54) is 13.1 Å². The van der Waals surface area contributed by atoms with E-state index < -0.39 is 6.09 Å². The van der Waals surface area contributed by atoms with Gasteiger partial charge in [-0.2, -0.15) is 0 Å². The van der Waals surface area contributed by atoms with E-state index in [2.05, 4.69) is 5.18 Å². The number of amides is 1. The van der Waals surface area contributed by atoms with Gasteiger partial charge in [-0.05, 0) is 16.6 Å². The van der Waals surface area contributed by atoms with Crippen LogP contribution in [-0.4, -0.2) is 18.2 Å². The molecule has 0 unspecified atom stereocenters. The molecule has 0 spiro atoms. The van der Waals surface area contributed by atoms with Gasteiger partial charge in [0.25, 0.3) is 0 Å². The minimum absolute atomic E-state index is 0.119. The number of anilines is 1. The third-order valence-corrected chi connectivity index (χ3v) is 2.60. The van der Waals surface area contributed by atoms with Gasteiger partial charge < -0.3 is 5.11 Å². The van der Waals surface area contributed by atoms with Crippen LogP contribution in [0.4, 0.5) is 16.2 Å². The molecular weight excluding hydrogens is 220 g/mol. The average molecular weight is 230 g/mol. The molecule has 2 aromatic rings. The number of hydrogen-bond donors (Lipinski definition) is 1. The topological polar surface area (TPSA) is 70.0 Å². The van der Waals surface area contributed by atoms with Crippen LogP contribution in [0.1, 0.15) is 0 Å². The van der Waals surface area contributed by atoms with Crippen molar-refractivity contribution in [1.82, 2.24) is 0 Å². The van der Waals surface area contributed by atoms with E-state index in [0.717, 1.165) is 10.3 Å². The normalized spacial score (nSPS) is 10.2. The Morgan fingerprint density at radius 3 is 2.59 bits per heavy atom. The highest BCUT2D eigenvalue weighted by atomic mass is 16.4. The van der Waals surface area contributed by atoms with Gasteiger partial charge in [0.2, 0.25) is 0 Å². The maximum absolute atomic E-state index is 11.0. The fraction of sp³-hybridized carbons (Fsp3) is 0.0833. The first kappa shape index (κ1) is 11.1. The zero-order chi connectivity index (χ0) is 12.4. The average Bonchev–Trinajstić information content (AvgIpc) is 2.36. The maximum Gasteiger partial charge on any atom is 0.411 e. The van der Waals surface area contributed by atoms with E-state index in [9.17, 15) is 9.70 Å². The molecule has 0 atom stereocenters. The molecule has 1 amide bonds. The summed E-state index contributed by atoms with van der Waals surface area (Å²) in [6.07, 6.45) is -1.13. The number of hydrogen-bond acceptors (Lipinski definition) is 3. The molecule has 1 N–H and O–H groups in total. The number of rotatable bonds is 2. The summed E-state index contributed by atoms with van der Waals surface area (Å²) in [5, 5.41) is 13.4. The molecule has 86 valence electrons. The number of benzene rings is 2. The van der Waals surface area contributed by atoms with Crippen LogP contribution in [0.5, 0.6) is 0 Å². The first-order chi connectivity index (χ1) is 8.15. The van der Waals surface area contributed by atoms with Crippen molar-refractivity contribution in [1.29, 1.82) is 0 Å². The van der Waals surface area contributed by atoms with E-state index >= 15 is 0 Å². The number of nitrogens with zero attached hydrogens (tertiary/aromatic N) is 2. The monoisotopic (exact) mass is 230 g/mol. The molecular formula is C12H10N2O3. The lowest BCUT2D eigenvalue weighted by Crippen LogP contribution is -2.24. The van der Waals surface area contributed by atoms with Crippen LogP contribution in [0.25, 0.3) is 10.8 Å². The summed E-state index contributed by atoms with van der Waals surface area (Å²) in [4.78, 5) is 22.7. The van der Waals surface area contributed by atoms with Gasteiger partial charge in [0, 0.05) is 12.4 Å². The van der Waals surface area contributed by atoms with Gasteiger partial charge in [0.1, 0.15) is 5.69 Å². The van der Waals surface area contributed by atoms with Crippen molar-refractivity contribution in [3.05, 3.63) is 41.3 Å². The van der Waals surface area contributed by atoms with Crippen LogP contribution < -0.4 is 4.90 Å². The Morgan fingerprint density at radius 2 is 1.94 bits per heavy atom. The summed E-state index contributed by atoms with van der Waals surface area (Å²) in [6.45, 7) is 0. The van der Waals surface area contributed by atoms with Gasteiger partial charge in [-0.1, -0.05) is 30.3 Å². The summed E-state index contributed by atoms with van der Waals surface area (Å²) < 4.78 is 0. The molecule has 0 fully saturated rings. The quantitative estimate of drug-likeness (QED) is 0.804. The predicted octanol–water partition coefficient (Wildman–Crippen LogP) is 3.35. The van der Waals surface area contributed by atoms with Gasteiger partial charge in [0.05, 0.1) is 5.69 Å². The predicted molar refractivity (Wildman–Crippen MR) is 65.8 cm³/mol. The molecule has 0 saturated carbocycles. The highest BCUT2D eigenvalue weighted by Gasteiger charge is 2.17. The van der Waals surface area contributed by atoms with Gasteiger partial charge in [-0.25, -0.2) is 4.79 Å². The first-order valence-corrected chi connectivity index (χ1v) is 4.97. The third-order valence-electron chi connectivity index (χ3n) is 2.60. The lowest BCUT2D eigenvalue weighted by molar-refractivity contribution is 0.203. The van der Waals surface area contributed by atoms with Crippen LogP contribution in [0.2, 0.25) is 0 Å². The van der Waals surface area contributed by atoms with Crippen LogP contribution >= 0.6 is 0 Å². The Balaban J connectivity index is 2.80. The summed E-state index contributed by atoms with van der Waals surface area (Å²) in [5.74, 6) is 0. The molecule has 5 heteroatoms. The van der Waals surface area contributed by atoms with Crippen molar-refractivity contribution in [2.24, 2.45) is 5.18 Å². The largest absolute Gasteiger partial charge is 0.465 e. The number of fused-ring (bicyclic) bond motifs is 1. The summed E-state index contributed by atoms with van der Waals surface area (Å²) in [5.41, 5.74) is 0.430. The maximum atomic E-state index is 11.0. The number of carboxylic acid groups (broad SMARTS) is 1. The SMILES string of the molecule is CN(C(=O)O)c1c(N=O)ccc2ccccc12. The minimum Gasteiger partial charge on any atom is -0.465 e. The molecule has 5 nitrogen and oxygen atoms in total. The van der Waals surface area contributed by atoms with Crippen LogP contribution in [0.15, 0.2) is 41.6 Å². The number of carbonyl (C=O) groups is 1. The molecule has 0 aromatic heterocycles. The Hall–Kier alpha value is -2.43.